The average Bonchev–Trinajstić information content (AvgIpc) is 2.47. The molecule has 0 atom stereocenters. The number of hydrogen-bond acceptors (Lipinski definition) is 4. The fourth-order valence-corrected chi connectivity index (χ4v) is 2.34. The molecule has 1 aromatic carbocycles. The van der Waals surface area contributed by atoms with Crippen LogP contribution in [0.15, 0.2) is 18.2 Å². The van der Waals surface area contributed by atoms with Gasteiger partial charge in [-0.05, 0) is 39.1 Å². The zero-order valence-electron chi connectivity index (χ0n) is 13.3. The molecule has 1 amide bonds. The van der Waals surface area contributed by atoms with Gasteiger partial charge in [0.1, 0.15) is 0 Å². The van der Waals surface area contributed by atoms with Crippen LogP contribution in [-0.4, -0.2) is 62.1 Å². The predicted molar refractivity (Wildman–Crippen MR) is 82.2 cm³/mol. The Labute approximate surface area is 126 Å². The molecule has 5 heteroatoms. The molecule has 1 saturated heterocycles. The molecule has 5 nitrogen and oxygen atoms in total. The minimum absolute atomic E-state index is 0.0532. The highest BCUT2D eigenvalue weighted by atomic mass is 16.5. The van der Waals surface area contributed by atoms with E-state index < -0.39 is 0 Å². The maximum absolute atomic E-state index is 12.5. The number of carbonyl (C=O) groups is 1. The number of benzene rings is 1. The molecule has 1 aliphatic heterocycles. The summed E-state index contributed by atoms with van der Waals surface area (Å²) >= 11 is 0. The van der Waals surface area contributed by atoms with Crippen molar-refractivity contribution < 1.29 is 14.3 Å². The highest BCUT2D eigenvalue weighted by Crippen LogP contribution is 2.29. The van der Waals surface area contributed by atoms with E-state index in [-0.39, 0.29) is 12.0 Å². The van der Waals surface area contributed by atoms with Gasteiger partial charge in [-0.1, -0.05) is 0 Å². The molecule has 1 aromatic rings. The lowest BCUT2D eigenvalue weighted by atomic mass is 10.1. The Kier molecular flexibility index (Phi) is 5.07. The van der Waals surface area contributed by atoms with Crippen LogP contribution in [0.4, 0.5) is 0 Å². The summed E-state index contributed by atoms with van der Waals surface area (Å²) in [7, 11) is 3.66. The molecule has 0 aliphatic carbocycles. The fraction of sp³-hybridized carbons (Fsp3) is 0.562. The molecule has 1 fully saturated rings. The van der Waals surface area contributed by atoms with Crippen LogP contribution in [0.2, 0.25) is 0 Å². The van der Waals surface area contributed by atoms with Crippen molar-refractivity contribution in [3.05, 3.63) is 23.8 Å². The SMILES string of the molecule is COc1cc(C(=O)N2CCN(C)CC2)ccc1OC(C)C. The van der Waals surface area contributed by atoms with Gasteiger partial charge in [0.05, 0.1) is 13.2 Å². The smallest absolute Gasteiger partial charge is 0.254 e. The first-order chi connectivity index (χ1) is 10.0. The second-order valence-corrected chi connectivity index (χ2v) is 5.63. The minimum atomic E-state index is 0.0532. The zero-order chi connectivity index (χ0) is 15.4. The van der Waals surface area contributed by atoms with Crippen LogP contribution in [-0.2, 0) is 0 Å². The molecule has 116 valence electrons. The molecular formula is C16H24N2O3. The van der Waals surface area contributed by atoms with E-state index in [1.165, 1.54) is 0 Å². The fourth-order valence-electron chi connectivity index (χ4n) is 2.34. The number of piperazine rings is 1. The van der Waals surface area contributed by atoms with Gasteiger partial charge in [0.15, 0.2) is 11.5 Å². The van der Waals surface area contributed by atoms with Crippen molar-refractivity contribution in [3.8, 4) is 11.5 Å². The Morgan fingerprint density at radius 3 is 2.38 bits per heavy atom. The summed E-state index contributed by atoms with van der Waals surface area (Å²) in [4.78, 5) is 16.6. The number of likely N-dealkylation sites (N-methyl/N-ethyl adjacent to an activating group) is 1. The Morgan fingerprint density at radius 1 is 1.14 bits per heavy atom. The van der Waals surface area contributed by atoms with E-state index in [0.717, 1.165) is 26.2 Å². The number of ether oxygens (including phenoxy) is 2. The van der Waals surface area contributed by atoms with Crippen LogP contribution >= 0.6 is 0 Å². The first kappa shape index (κ1) is 15.6. The lowest BCUT2D eigenvalue weighted by Crippen LogP contribution is -2.47. The quantitative estimate of drug-likeness (QED) is 0.849. The molecule has 1 aliphatic rings. The van der Waals surface area contributed by atoms with Gasteiger partial charge in [0.25, 0.3) is 5.91 Å². The first-order valence-corrected chi connectivity index (χ1v) is 7.33. The van der Waals surface area contributed by atoms with E-state index in [4.69, 9.17) is 9.47 Å². The third-order valence-electron chi connectivity index (χ3n) is 3.56. The highest BCUT2D eigenvalue weighted by molar-refractivity contribution is 5.95. The maximum Gasteiger partial charge on any atom is 0.254 e. The first-order valence-electron chi connectivity index (χ1n) is 7.33. The minimum Gasteiger partial charge on any atom is -0.493 e. The summed E-state index contributed by atoms with van der Waals surface area (Å²) < 4.78 is 11.0. The van der Waals surface area contributed by atoms with Crippen LogP contribution in [0.25, 0.3) is 0 Å². The van der Waals surface area contributed by atoms with E-state index in [1.54, 1.807) is 19.2 Å². The summed E-state index contributed by atoms with van der Waals surface area (Å²) in [6.07, 6.45) is 0.0677. The summed E-state index contributed by atoms with van der Waals surface area (Å²) in [5.74, 6) is 1.32. The van der Waals surface area contributed by atoms with E-state index >= 15 is 0 Å². The second kappa shape index (κ2) is 6.80. The standard InChI is InChI=1S/C16H24N2O3/c1-12(2)21-14-6-5-13(11-15(14)20-4)16(19)18-9-7-17(3)8-10-18/h5-6,11-12H,7-10H2,1-4H3. The number of methoxy groups -OCH3 is 1. The van der Waals surface area contributed by atoms with E-state index in [2.05, 4.69) is 11.9 Å². The van der Waals surface area contributed by atoms with Crippen LogP contribution < -0.4 is 9.47 Å². The van der Waals surface area contributed by atoms with Gasteiger partial charge in [-0.3, -0.25) is 4.79 Å². The summed E-state index contributed by atoms with van der Waals surface area (Å²) in [6, 6.07) is 5.38. The second-order valence-electron chi connectivity index (χ2n) is 5.63. The van der Waals surface area contributed by atoms with E-state index in [0.29, 0.717) is 17.1 Å². The summed E-state index contributed by atoms with van der Waals surface area (Å²) in [5.41, 5.74) is 0.646. The third-order valence-corrected chi connectivity index (χ3v) is 3.56. The number of hydrogen-bond donors (Lipinski definition) is 0. The zero-order valence-corrected chi connectivity index (χ0v) is 13.3. The lowest BCUT2D eigenvalue weighted by Gasteiger charge is -2.32. The average molecular weight is 292 g/mol. The molecule has 1 heterocycles. The molecule has 0 spiro atoms. The molecule has 0 unspecified atom stereocenters. The number of nitrogens with zero attached hydrogens (tertiary/aromatic N) is 2. The Bertz CT molecular complexity index is 494. The largest absolute Gasteiger partial charge is 0.493 e. The molecular weight excluding hydrogens is 268 g/mol. The van der Waals surface area contributed by atoms with Crippen molar-refractivity contribution in [2.45, 2.75) is 20.0 Å². The van der Waals surface area contributed by atoms with Gasteiger partial charge in [0, 0.05) is 31.7 Å². The van der Waals surface area contributed by atoms with Crippen molar-refractivity contribution in [1.29, 1.82) is 0 Å². The maximum atomic E-state index is 12.5. The normalized spacial score (nSPS) is 16.1. The van der Waals surface area contributed by atoms with E-state index in [1.807, 2.05) is 24.8 Å². The molecule has 2 rings (SSSR count). The van der Waals surface area contributed by atoms with Crippen LogP contribution in [0, 0.1) is 0 Å². The van der Waals surface area contributed by atoms with Gasteiger partial charge < -0.3 is 19.3 Å². The Morgan fingerprint density at radius 2 is 1.81 bits per heavy atom. The molecule has 0 radical (unpaired) electrons. The van der Waals surface area contributed by atoms with Crippen molar-refractivity contribution >= 4 is 5.91 Å². The molecule has 21 heavy (non-hydrogen) atoms. The van der Waals surface area contributed by atoms with Gasteiger partial charge >= 0.3 is 0 Å². The van der Waals surface area contributed by atoms with Crippen LogP contribution in [0.5, 0.6) is 11.5 Å². The molecule has 0 aromatic heterocycles. The van der Waals surface area contributed by atoms with Gasteiger partial charge in [-0.25, -0.2) is 0 Å². The highest BCUT2D eigenvalue weighted by Gasteiger charge is 2.21. The van der Waals surface area contributed by atoms with Gasteiger partial charge in [-0.15, -0.1) is 0 Å². The number of carbonyl (C=O) groups excluding carboxylic acids is 1. The summed E-state index contributed by atoms with van der Waals surface area (Å²) in [6.45, 7) is 7.28. The predicted octanol–water partition coefficient (Wildman–Crippen LogP) is 1.87. The van der Waals surface area contributed by atoms with Crippen molar-refractivity contribution in [3.63, 3.8) is 0 Å². The molecule has 0 saturated carbocycles. The van der Waals surface area contributed by atoms with Crippen molar-refractivity contribution in [2.75, 3.05) is 40.3 Å². The van der Waals surface area contributed by atoms with Gasteiger partial charge in [-0.2, -0.15) is 0 Å². The summed E-state index contributed by atoms with van der Waals surface area (Å²) in [5, 5.41) is 0. The lowest BCUT2D eigenvalue weighted by molar-refractivity contribution is 0.0663. The van der Waals surface area contributed by atoms with Crippen LogP contribution in [0.1, 0.15) is 24.2 Å². The Balaban J connectivity index is 2.14. The Hall–Kier alpha value is -1.75. The molecule has 0 bridgehead atoms. The molecule has 0 N–H and O–H groups in total. The number of amides is 1. The van der Waals surface area contributed by atoms with E-state index in [9.17, 15) is 4.79 Å². The van der Waals surface area contributed by atoms with Crippen molar-refractivity contribution in [2.24, 2.45) is 0 Å². The third kappa shape index (κ3) is 3.88. The van der Waals surface area contributed by atoms with Gasteiger partial charge in [0.2, 0.25) is 0 Å². The number of rotatable bonds is 4. The van der Waals surface area contributed by atoms with Crippen molar-refractivity contribution in [1.82, 2.24) is 9.80 Å². The van der Waals surface area contributed by atoms with Crippen LogP contribution in [0.3, 0.4) is 0 Å². The topological polar surface area (TPSA) is 42.0 Å². The monoisotopic (exact) mass is 292 g/mol.